The van der Waals surface area contributed by atoms with E-state index in [-0.39, 0.29) is 11.5 Å². The van der Waals surface area contributed by atoms with Gasteiger partial charge in [0, 0.05) is 64.6 Å². The van der Waals surface area contributed by atoms with Crippen LogP contribution in [0.15, 0.2) is 0 Å². The van der Waals surface area contributed by atoms with E-state index >= 15 is 0 Å². The van der Waals surface area contributed by atoms with E-state index in [1.54, 1.807) is 0 Å². The highest BCUT2D eigenvalue weighted by Crippen LogP contribution is 2.16. The molecule has 0 bridgehead atoms. The van der Waals surface area contributed by atoms with Crippen LogP contribution >= 0.6 is 0 Å². The molecule has 0 aromatic heterocycles. The molecule has 0 amide bonds. The average molecular weight is 422 g/mol. The molecule has 0 aromatic rings. The van der Waals surface area contributed by atoms with Crippen LogP contribution in [0.5, 0.6) is 0 Å². The number of carbonyl (C=O) groups is 1. The summed E-state index contributed by atoms with van der Waals surface area (Å²) in [7, 11) is -0.829. The Balaban J connectivity index is 5.37. The van der Waals surface area contributed by atoms with Crippen molar-refractivity contribution in [3.05, 3.63) is 0 Å². The number of hydrogen-bond acceptors (Lipinski definition) is 1. The molecule has 0 aliphatic heterocycles. The quantitative estimate of drug-likeness (QED) is 0.487. The minimum Gasteiger partial charge on any atom is -0.294 e. The van der Waals surface area contributed by atoms with Gasteiger partial charge in [-0.3, -0.25) is 4.79 Å². The number of ketones is 1. The standard InChI is InChI=1S/C30H13OS/c1-6-8-10-12-14-16-18-20-22-24-26-32(28-29(31)30(3,4)5)27-25-23-21-19-17-15-13-11-9-7-2/h1-2H,28H2,3-5H3/q+1. The van der Waals surface area contributed by atoms with Crippen LogP contribution in [0.25, 0.3) is 0 Å². The van der Waals surface area contributed by atoms with Crippen molar-refractivity contribution in [3.63, 3.8) is 0 Å². The van der Waals surface area contributed by atoms with Crippen LogP contribution in [0, 0.1) is 147 Å². The third kappa shape index (κ3) is 16.9. The van der Waals surface area contributed by atoms with E-state index in [4.69, 9.17) is 12.8 Å². The van der Waals surface area contributed by atoms with Gasteiger partial charge in [0.05, 0.1) is 0 Å². The monoisotopic (exact) mass is 421 g/mol. The fourth-order valence-electron chi connectivity index (χ4n) is 1.13. The second-order valence-electron chi connectivity index (χ2n) is 5.95. The predicted molar refractivity (Wildman–Crippen MR) is 132 cm³/mol. The molecule has 0 saturated heterocycles. The lowest BCUT2D eigenvalue weighted by Crippen LogP contribution is -2.26. The topological polar surface area (TPSA) is 17.1 Å². The molecule has 0 spiro atoms. The summed E-state index contributed by atoms with van der Waals surface area (Å²) in [6.07, 6.45) is 9.91. The predicted octanol–water partition coefficient (Wildman–Crippen LogP) is 1.44. The van der Waals surface area contributed by atoms with Gasteiger partial charge in [0.15, 0.2) is 32.9 Å². The summed E-state index contributed by atoms with van der Waals surface area (Å²) in [4.78, 5) is 12.3. The number of terminal acetylenes is 2. The molecule has 32 heavy (non-hydrogen) atoms. The number of hydrogen-bond donors (Lipinski definition) is 0. The van der Waals surface area contributed by atoms with Crippen LogP contribution in [-0.2, 0) is 15.7 Å². The van der Waals surface area contributed by atoms with Gasteiger partial charge in [-0.1, -0.05) is 20.8 Å². The lowest BCUT2D eigenvalue weighted by atomic mass is 9.92. The largest absolute Gasteiger partial charge is 0.294 e. The maximum Gasteiger partial charge on any atom is 0.195 e. The molecule has 0 heterocycles. The van der Waals surface area contributed by atoms with Crippen LogP contribution in [0.4, 0.5) is 0 Å². The van der Waals surface area contributed by atoms with Gasteiger partial charge in [0.1, 0.15) is 0 Å². The summed E-state index contributed by atoms with van der Waals surface area (Å²) in [6, 6.07) is 0. The Morgan fingerprint density at radius 1 is 0.562 bits per heavy atom. The minimum atomic E-state index is -0.829. The Kier molecular flexibility index (Phi) is 14.9. The van der Waals surface area contributed by atoms with Crippen LogP contribution in [0.1, 0.15) is 20.8 Å². The number of carbonyl (C=O) groups excluding carboxylic acids is 1. The zero-order valence-electron chi connectivity index (χ0n) is 17.7. The molecular weight excluding hydrogens is 408 g/mol. The second kappa shape index (κ2) is 17.8. The third-order valence-electron chi connectivity index (χ3n) is 2.60. The van der Waals surface area contributed by atoms with E-state index in [1.807, 2.05) is 20.8 Å². The zero-order valence-corrected chi connectivity index (χ0v) is 18.5. The fourth-order valence-corrected chi connectivity index (χ4v) is 2.37. The summed E-state index contributed by atoms with van der Waals surface area (Å²) in [5.74, 6) is 49.5. The maximum atomic E-state index is 12.3. The molecule has 0 aliphatic carbocycles. The molecule has 2 heteroatoms. The van der Waals surface area contributed by atoms with Gasteiger partial charge < -0.3 is 0 Å². The van der Waals surface area contributed by atoms with E-state index in [2.05, 4.69) is 129 Å². The molecule has 0 rings (SSSR count). The Labute approximate surface area is 195 Å². The molecular formula is C30H13OS+. The normalized spacial score (nSPS) is 6.44. The molecule has 0 radical (unpaired) electrons. The lowest BCUT2D eigenvalue weighted by Gasteiger charge is -2.13. The molecule has 0 atom stereocenters. The van der Waals surface area contributed by atoms with Crippen molar-refractivity contribution in [2.24, 2.45) is 5.41 Å². The van der Waals surface area contributed by atoms with Gasteiger partial charge in [-0.05, 0) is 59.2 Å². The van der Waals surface area contributed by atoms with Crippen molar-refractivity contribution in [3.8, 4) is 142 Å². The Morgan fingerprint density at radius 3 is 1.12 bits per heavy atom. The Morgan fingerprint density at radius 2 is 0.844 bits per heavy atom. The van der Waals surface area contributed by atoms with Crippen molar-refractivity contribution in [1.82, 2.24) is 0 Å². The minimum absolute atomic E-state index is 0.0386. The molecule has 0 fully saturated rings. The van der Waals surface area contributed by atoms with Gasteiger partial charge in [-0.25, -0.2) is 0 Å². The van der Waals surface area contributed by atoms with Crippen LogP contribution in [0.2, 0.25) is 0 Å². The first kappa shape index (κ1) is 26.7. The van der Waals surface area contributed by atoms with E-state index < -0.39 is 16.3 Å². The molecule has 0 N–H and O–H groups in total. The Hall–Kier alpha value is -5.26. The van der Waals surface area contributed by atoms with Crippen molar-refractivity contribution in [2.75, 3.05) is 5.75 Å². The average Bonchev–Trinajstić information content (AvgIpc) is 2.75. The van der Waals surface area contributed by atoms with Gasteiger partial charge in [-0.2, -0.15) is 0 Å². The highest BCUT2D eigenvalue weighted by Gasteiger charge is 2.29. The van der Waals surface area contributed by atoms with E-state index in [0.29, 0.717) is 0 Å². The SMILES string of the molecule is C#CC#CC#CC#CC#CC#C[S+](C#CC#CC#CC#CC#CC#C)CC(=O)C(C)(C)C. The number of rotatable bonds is 2. The van der Waals surface area contributed by atoms with Gasteiger partial charge >= 0.3 is 0 Å². The first-order valence-corrected chi connectivity index (χ1v) is 9.98. The first-order chi connectivity index (χ1) is 15.4. The summed E-state index contributed by atoms with van der Waals surface area (Å²) in [6.45, 7) is 5.52. The smallest absolute Gasteiger partial charge is 0.195 e. The number of Topliss-reactive ketones (excluding diaryl/α,β-unsaturated/α-hetero) is 1. The highest BCUT2D eigenvalue weighted by atomic mass is 32.2. The van der Waals surface area contributed by atoms with Gasteiger partial charge in [0.2, 0.25) is 0 Å². The van der Waals surface area contributed by atoms with Gasteiger partial charge in [-0.15, -0.1) is 12.8 Å². The fraction of sp³-hybridized carbons (Fsp3) is 0.167. The second-order valence-corrected chi connectivity index (χ2v) is 7.43. The lowest BCUT2D eigenvalue weighted by molar-refractivity contribution is -0.123. The first-order valence-electron chi connectivity index (χ1n) is 8.58. The van der Waals surface area contributed by atoms with Crippen molar-refractivity contribution in [2.45, 2.75) is 20.8 Å². The summed E-state index contributed by atoms with van der Waals surface area (Å²) in [5, 5.41) is 5.75. The van der Waals surface area contributed by atoms with Crippen molar-refractivity contribution < 1.29 is 4.79 Å². The third-order valence-corrected chi connectivity index (χ3v) is 3.85. The molecule has 0 unspecified atom stereocenters. The van der Waals surface area contributed by atoms with Crippen molar-refractivity contribution in [1.29, 1.82) is 0 Å². The molecule has 0 aliphatic rings. The van der Waals surface area contributed by atoms with E-state index in [9.17, 15) is 4.79 Å². The highest BCUT2D eigenvalue weighted by molar-refractivity contribution is 8.06. The molecule has 1 nitrogen and oxygen atoms in total. The molecule has 144 valence electrons. The summed E-state index contributed by atoms with van der Waals surface area (Å²) in [5.41, 5.74) is -0.495. The summed E-state index contributed by atoms with van der Waals surface area (Å²) >= 11 is 0. The molecule has 0 saturated carbocycles. The van der Waals surface area contributed by atoms with E-state index in [0.717, 1.165) is 0 Å². The zero-order chi connectivity index (χ0) is 23.9. The summed E-state index contributed by atoms with van der Waals surface area (Å²) < 4.78 is 0. The van der Waals surface area contributed by atoms with E-state index in [1.165, 1.54) is 0 Å². The van der Waals surface area contributed by atoms with Crippen LogP contribution < -0.4 is 0 Å². The van der Waals surface area contributed by atoms with Crippen LogP contribution in [-0.4, -0.2) is 11.5 Å². The molecule has 0 aromatic carbocycles. The van der Waals surface area contributed by atoms with Crippen molar-refractivity contribution >= 4 is 16.7 Å². The maximum absolute atomic E-state index is 12.3. The van der Waals surface area contributed by atoms with Gasteiger partial charge in [0.25, 0.3) is 0 Å². The van der Waals surface area contributed by atoms with Crippen LogP contribution in [0.3, 0.4) is 0 Å². The Bertz CT molecular complexity index is 1360.